The number of aromatic carboxylic acids is 1. The molecule has 111 heavy (non-hydrogen) atoms. The molecule has 558 valence electrons. The zero-order chi connectivity index (χ0) is 79.0. The minimum atomic E-state index is -4.60. The molecule has 0 unspecified atom stereocenters. The van der Waals surface area contributed by atoms with Crippen LogP contribution in [0, 0.1) is 38.2 Å². The molecule has 30 heteroatoms. The number of nitrogens with two attached hydrogens (primary N) is 1. The summed E-state index contributed by atoms with van der Waals surface area (Å²) in [6, 6.07) is 46.1. The number of nitrogens with one attached hydrogen (secondary N) is 4. The van der Waals surface area contributed by atoms with Gasteiger partial charge in [0.05, 0.1) is 71.3 Å². The number of aromatic nitrogens is 14. The minimum Gasteiger partial charge on any atom is -0.478 e. The molecule has 14 aromatic rings. The van der Waals surface area contributed by atoms with E-state index in [1.54, 1.807) is 154 Å². The van der Waals surface area contributed by atoms with Gasteiger partial charge in [0, 0.05) is 140 Å². The molecule has 9 heterocycles. The van der Waals surface area contributed by atoms with E-state index >= 15 is 0 Å². The standard InChI is InChI=1S/C28H22F3N7O.C18H16N4O2.C17H14N4O2.C9H9IO2.C9H8N4/c1-17-3-4-20(11-25(17)37-27-33-10-7-24(36-27)19-5-8-32-9-6-19)26(39)35-22-12-21(28(29,30)31)13-23(14-22)38-15-18(2)34-16-38;1-12-3-4-14(17(23)24-2)11-16(12)22-18-20-10-7-15(21-18)13-5-8-19-9-6-13;1-11-2-3-13(16(22)23)10-15(11)21-17-19-9-6-14(20-17)12-4-7-18-8-5-12;1-6-3-4-7(5-8(6)10)9(11)12-2;10-9-12-6-3-8(13-9)7-1-4-11-5-2-7/h3-16H,1-2H3,(H,35,39)(H,33,36,37);3-11H,1-2H3,(H,20,21,22);2-10H,1H3,(H,22,23)(H,19,20,21);3-5H,1-2H3;1-6H,(H2,10,12,13). The zero-order valence-corrected chi connectivity index (χ0v) is 62.6. The van der Waals surface area contributed by atoms with Gasteiger partial charge in [0.15, 0.2) is 0 Å². The molecule has 0 saturated carbocycles. The number of methoxy groups -OCH3 is 2. The second-order valence-electron chi connectivity index (χ2n) is 23.9. The van der Waals surface area contributed by atoms with E-state index in [9.17, 15) is 32.3 Å². The number of nitrogen functional groups attached to an aromatic ring is 1. The monoisotopic (exact) mass is 1600 g/mol. The summed E-state index contributed by atoms with van der Waals surface area (Å²) in [6.45, 7) is 9.42. The smallest absolute Gasteiger partial charge is 0.416 e. The van der Waals surface area contributed by atoms with Gasteiger partial charge in [0.1, 0.15) is 0 Å². The Bertz CT molecular complexity index is 5560. The number of nitrogens with zero attached hydrogens (tertiary/aromatic N) is 14. The van der Waals surface area contributed by atoms with Crippen molar-refractivity contribution in [1.82, 2.24) is 69.4 Å². The summed E-state index contributed by atoms with van der Waals surface area (Å²) in [7, 11) is 2.74. The number of aryl methyl sites for hydroxylation is 5. The third-order valence-electron chi connectivity index (χ3n) is 16.0. The van der Waals surface area contributed by atoms with E-state index in [-0.39, 0.29) is 40.4 Å². The van der Waals surface area contributed by atoms with E-state index in [0.29, 0.717) is 51.7 Å². The van der Waals surface area contributed by atoms with Gasteiger partial charge in [0.25, 0.3) is 5.91 Å². The highest BCUT2D eigenvalue weighted by molar-refractivity contribution is 14.1. The number of benzene rings is 5. The van der Waals surface area contributed by atoms with Crippen molar-refractivity contribution < 1.29 is 46.9 Å². The Hall–Kier alpha value is -14.2. The summed E-state index contributed by atoms with van der Waals surface area (Å²) < 4.78 is 52.7. The number of carbonyl (C=O) groups is 4. The number of hydrogen-bond donors (Lipinski definition) is 6. The number of rotatable bonds is 16. The molecule has 0 fully saturated rings. The summed E-state index contributed by atoms with van der Waals surface area (Å²) in [5.74, 6) is -0.745. The molecule has 0 aliphatic rings. The number of ether oxygens (including phenoxy) is 2. The lowest BCUT2D eigenvalue weighted by Gasteiger charge is -2.14. The number of esters is 2. The lowest BCUT2D eigenvalue weighted by atomic mass is 10.1. The van der Waals surface area contributed by atoms with E-state index in [4.69, 9.17) is 15.6 Å². The molecule has 0 spiro atoms. The van der Waals surface area contributed by atoms with Gasteiger partial charge in [-0.1, -0.05) is 24.3 Å². The van der Waals surface area contributed by atoms with Crippen molar-refractivity contribution in [2.24, 2.45) is 0 Å². The largest absolute Gasteiger partial charge is 0.478 e. The molecule has 26 nitrogen and oxygen atoms in total. The maximum absolute atomic E-state index is 13.6. The maximum atomic E-state index is 13.6. The fourth-order valence-corrected chi connectivity index (χ4v) is 10.6. The highest BCUT2D eigenvalue weighted by Gasteiger charge is 2.32. The van der Waals surface area contributed by atoms with Crippen molar-refractivity contribution >= 4 is 92.9 Å². The summed E-state index contributed by atoms with van der Waals surface area (Å²) in [6.07, 6.45) is 18.6. The number of halogens is 4. The fraction of sp³-hybridized carbons (Fsp3) is 0.0988. The predicted octanol–water partition coefficient (Wildman–Crippen LogP) is 16.5. The third-order valence-corrected chi connectivity index (χ3v) is 17.2. The number of carboxylic acids is 1. The topological polar surface area (TPSA) is 354 Å². The van der Waals surface area contributed by atoms with Crippen molar-refractivity contribution in [3.8, 4) is 50.7 Å². The van der Waals surface area contributed by atoms with Gasteiger partial charge in [-0.15, -0.1) is 0 Å². The highest BCUT2D eigenvalue weighted by Crippen LogP contribution is 2.34. The van der Waals surface area contributed by atoms with Crippen LogP contribution in [0.4, 0.5) is 59.7 Å². The Balaban J connectivity index is 0.000000158. The van der Waals surface area contributed by atoms with Crippen molar-refractivity contribution in [2.75, 3.05) is 41.2 Å². The first-order valence-corrected chi connectivity index (χ1v) is 34.6. The van der Waals surface area contributed by atoms with Crippen LogP contribution in [0.3, 0.4) is 0 Å². The molecule has 0 atom stereocenters. The maximum Gasteiger partial charge on any atom is 0.416 e. The van der Waals surface area contributed by atoms with Crippen LogP contribution >= 0.6 is 22.6 Å². The fourth-order valence-electron chi connectivity index (χ4n) is 10.1. The molecular weight excluding hydrogens is 1530 g/mol. The van der Waals surface area contributed by atoms with Crippen LogP contribution in [0.25, 0.3) is 50.7 Å². The lowest BCUT2D eigenvalue weighted by Crippen LogP contribution is -2.14. The first-order valence-electron chi connectivity index (χ1n) is 33.5. The molecule has 7 N–H and O–H groups in total. The molecule has 0 saturated heterocycles. The molecule has 9 aromatic heterocycles. The van der Waals surface area contributed by atoms with Gasteiger partial charge in [-0.05, 0) is 219 Å². The highest BCUT2D eigenvalue weighted by atomic mass is 127. The van der Waals surface area contributed by atoms with Crippen LogP contribution in [-0.2, 0) is 15.7 Å². The average molecular weight is 1600 g/mol. The first-order chi connectivity index (χ1) is 53.5. The van der Waals surface area contributed by atoms with Crippen LogP contribution in [0.15, 0.2) is 251 Å². The molecule has 5 aromatic carbocycles. The van der Waals surface area contributed by atoms with E-state index in [0.717, 1.165) is 77.4 Å². The summed E-state index contributed by atoms with van der Waals surface area (Å²) >= 11 is 2.19. The Labute approximate surface area is 648 Å². The van der Waals surface area contributed by atoms with Crippen LogP contribution in [0.5, 0.6) is 0 Å². The van der Waals surface area contributed by atoms with Crippen LogP contribution < -0.4 is 27.0 Å². The molecule has 0 aliphatic heterocycles. The van der Waals surface area contributed by atoms with Crippen LogP contribution in [0.2, 0.25) is 0 Å². The Morgan fingerprint density at radius 3 is 1.21 bits per heavy atom. The number of alkyl halides is 3. The summed E-state index contributed by atoms with van der Waals surface area (Å²) in [4.78, 5) is 101. The first kappa shape index (κ1) is 79.4. The molecule has 0 aliphatic carbocycles. The zero-order valence-electron chi connectivity index (χ0n) is 60.4. The van der Waals surface area contributed by atoms with E-state index in [1.807, 2.05) is 107 Å². The van der Waals surface area contributed by atoms with Crippen molar-refractivity contribution in [1.29, 1.82) is 0 Å². The second kappa shape index (κ2) is 37.9. The molecular formula is C81H69F3IN19O7. The Morgan fingerprint density at radius 1 is 0.441 bits per heavy atom. The van der Waals surface area contributed by atoms with Crippen molar-refractivity contribution in [3.05, 3.63) is 310 Å². The van der Waals surface area contributed by atoms with Crippen molar-refractivity contribution in [3.63, 3.8) is 0 Å². The van der Waals surface area contributed by atoms with E-state index < -0.39 is 23.6 Å². The number of hydrogen-bond acceptors (Lipinski definition) is 23. The van der Waals surface area contributed by atoms with E-state index in [2.05, 4.69) is 113 Å². The second-order valence-corrected chi connectivity index (χ2v) is 25.1. The number of anilines is 8. The molecule has 0 bridgehead atoms. The van der Waals surface area contributed by atoms with Crippen LogP contribution in [0.1, 0.15) is 74.9 Å². The summed E-state index contributed by atoms with van der Waals surface area (Å²) in [5, 5.41) is 21.0. The number of carbonyl (C=O) groups excluding carboxylic acids is 3. The number of pyridine rings is 4. The molecule has 14 rings (SSSR count). The predicted molar refractivity (Wildman–Crippen MR) is 424 cm³/mol. The van der Waals surface area contributed by atoms with Gasteiger partial charge < -0.3 is 46.1 Å². The van der Waals surface area contributed by atoms with Gasteiger partial charge in [0.2, 0.25) is 23.8 Å². The number of amides is 1. The van der Waals surface area contributed by atoms with Gasteiger partial charge in [-0.25, -0.2) is 59.2 Å². The lowest BCUT2D eigenvalue weighted by molar-refractivity contribution is -0.137. The quantitative estimate of drug-likeness (QED) is 0.0386. The minimum absolute atomic E-state index is 0.000326. The van der Waals surface area contributed by atoms with Gasteiger partial charge in [-0.3, -0.25) is 24.7 Å². The molecule has 1 amide bonds. The van der Waals surface area contributed by atoms with E-state index in [1.165, 1.54) is 36.7 Å². The molecule has 0 radical (unpaired) electrons. The average Bonchev–Trinajstić information content (AvgIpc) is 1.77. The SMILES string of the molecule is COC(=O)c1ccc(C)c(I)c1.COC(=O)c1ccc(C)c(Nc2nccc(-c3ccncc3)n2)c1.Cc1ccc(C(=O)O)cc1Nc1nccc(-c2ccncc2)n1.Cc1cn(-c2cc(NC(=O)c3ccc(C)c(Nc4nccc(-c5ccncc5)n4)c3)cc(C(F)(F)F)c2)cn1.Nc1nccc(-c2ccncc2)n1. The normalized spacial score (nSPS) is 10.5. The number of carboxylic acid groups (broad SMARTS) is 1. The Kier molecular flexibility index (Phi) is 27.1. The third kappa shape index (κ3) is 22.7. The van der Waals surface area contributed by atoms with Gasteiger partial charge >= 0.3 is 24.1 Å². The summed E-state index contributed by atoms with van der Waals surface area (Å²) in [5.41, 5.74) is 19.6. The van der Waals surface area contributed by atoms with Crippen molar-refractivity contribution in [2.45, 2.75) is 40.8 Å². The number of imidazole rings is 1. The Morgan fingerprint density at radius 2 is 0.820 bits per heavy atom. The van der Waals surface area contributed by atoms with Gasteiger partial charge in [-0.2, -0.15) is 13.2 Å². The van der Waals surface area contributed by atoms with Crippen LogP contribution in [-0.4, -0.2) is 113 Å².